The highest BCUT2D eigenvalue weighted by molar-refractivity contribution is 5.90. The molecular formula is C30H40N2O6. The number of ether oxygens (including phenoxy) is 3. The van der Waals surface area contributed by atoms with Crippen LogP contribution in [0, 0.1) is 5.41 Å². The molecule has 2 aliphatic heterocycles. The number of rotatable bonds is 3. The van der Waals surface area contributed by atoms with Gasteiger partial charge in [0, 0.05) is 19.1 Å². The third-order valence-corrected chi connectivity index (χ3v) is 7.96. The fourth-order valence-electron chi connectivity index (χ4n) is 5.73. The minimum atomic E-state index is -0.871. The number of aldehydes is 1. The van der Waals surface area contributed by atoms with E-state index in [1.807, 2.05) is 32.9 Å². The summed E-state index contributed by atoms with van der Waals surface area (Å²) in [6.45, 7) is 6.13. The molecule has 0 aliphatic carbocycles. The van der Waals surface area contributed by atoms with Crippen molar-refractivity contribution in [1.29, 1.82) is 0 Å². The van der Waals surface area contributed by atoms with E-state index >= 15 is 0 Å². The van der Waals surface area contributed by atoms with Gasteiger partial charge < -0.3 is 29.2 Å². The van der Waals surface area contributed by atoms with Gasteiger partial charge in [-0.3, -0.25) is 4.79 Å². The number of cyclic esters (lactones) is 1. The fraction of sp³-hybridized carbons (Fsp3) is 0.567. The first-order valence-corrected chi connectivity index (χ1v) is 13.5. The summed E-state index contributed by atoms with van der Waals surface area (Å²) in [4.78, 5) is 40.3. The molecule has 0 radical (unpaired) electrons. The van der Waals surface area contributed by atoms with E-state index in [9.17, 15) is 14.4 Å². The maximum Gasteiger partial charge on any atom is 0.407 e. The Morgan fingerprint density at radius 2 is 1.82 bits per heavy atom. The molecule has 2 amide bonds. The first kappa shape index (κ1) is 27.9. The largest absolute Gasteiger partial charge is 0.496 e. The highest BCUT2D eigenvalue weighted by Gasteiger charge is 2.50. The third kappa shape index (κ3) is 5.51. The second-order valence-corrected chi connectivity index (χ2v) is 11.5. The Morgan fingerprint density at radius 3 is 2.50 bits per heavy atom. The quantitative estimate of drug-likeness (QED) is 0.583. The lowest BCUT2D eigenvalue weighted by Gasteiger charge is -2.35. The summed E-state index contributed by atoms with van der Waals surface area (Å²) in [5.41, 5.74) is 0.576. The van der Waals surface area contributed by atoms with Crippen molar-refractivity contribution in [2.45, 2.75) is 77.0 Å². The standard InChI is InChI=1S/C30H40N2O6/c1-29(2,3)26-27(34)32-19-30(37-5,17-22(32)18-33)21-13-11-20-12-14-25(36-4)23(24(20)16-21)10-8-6-7-9-15-38-28(35)31-26/h11-14,16,18,22,26H,6-10,15,17,19H2,1-5H3,(H,31,35)/t22-,26+,30-/m0/s1. The van der Waals surface area contributed by atoms with Gasteiger partial charge >= 0.3 is 6.09 Å². The van der Waals surface area contributed by atoms with Crippen molar-refractivity contribution >= 4 is 29.1 Å². The maximum atomic E-state index is 13.9. The van der Waals surface area contributed by atoms with Crippen molar-refractivity contribution in [2.24, 2.45) is 5.41 Å². The Bertz CT molecular complexity index is 1190. The number of nitrogens with zero attached hydrogens (tertiary/aromatic N) is 1. The van der Waals surface area contributed by atoms with Crippen LogP contribution in [0.25, 0.3) is 10.8 Å². The number of amides is 2. The molecule has 4 bridgehead atoms. The SMILES string of the molecule is COc1ccc2ccc3cc2c1CCCCCCOC(=O)N[C@@H](C(C)(C)C)C(=O)N1C[C@@]3(OC)C[C@H]1C=O. The van der Waals surface area contributed by atoms with E-state index in [0.29, 0.717) is 6.42 Å². The second-order valence-electron chi connectivity index (χ2n) is 11.5. The van der Waals surface area contributed by atoms with Crippen LogP contribution in [0.2, 0.25) is 0 Å². The molecule has 8 heteroatoms. The molecule has 1 N–H and O–H groups in total. The van der Waals surface area contributed by atoms with Crippen LogP contribution in [0.5, 0.6) is 5.75 Å². The molecule has 2 aliphatic rings. The van der Waals surface area contributed by atoms with Gasteiger partial charge in [-0.1, -0.05) is 51.8 Å². The average molecular weight is 525 g/mol. The smallest absolute Gasteiger partial charge is 0.407 e. The Labute approximate surface area is 225 Å². The first-order chi connectivity index (χ1) is 18.1. The zero-order valence-corrected chi connectivity index (χ0v) is 23.2. The molecule has 38 heavy (non-hydrogen) atoms. The van der Waals surface area contributed by atoms with Crippen molar-refractivity contribution < 1.29 is 28.6 Å². The van der Waals surface area contributed by atoms with Crippen LogP contribution in [-0.2, 0) is 31.1 Å². The van der Waals surface area contributed by atoms with Gasteiger partial charge in [0.1, 0.15) is 23.7 Å². The van der Waals surface area contributed by atoms with E-state index in [4.69, 9.17) is 14.2 Å². The average Bonchev–Trinajstić information content (AvgIpc) is 3.30. The Morgan fingerprint density at radius 1 is 1.08 bits per heavy atom. The summed E-state index contributed by atoms with van der Waals surface area (Å²) in [7, 11) is 3.31. The number of benzene rings is 2. The van der Waals surface area contributed by atoms with Gasteiger partial charge in [-0.2, -0.15) is 0 Å². The molecule has 1 saturated heterocycles. The zero-order chi connectivity index (χ0) is 27.5. The number of methoxy groups -OCH3 is 2. The molecule has 4 rings (SSSR count). The van der Waals surface area contributed by atoms with Gasteiger partial charge in [0.2, 0.25) is 5.91 Å². The van der Waals surface area contributed by atoms with Gasteiger partial charge in [-0.05, 0) is 53.1 Å². The lowest BCUT2D eigenvalue weighted by atomic mass is 9.85. The van der Waals surface area contributed by atoms with Crippen molar-refractivity contribution in [3.8, 4) is 5.75 Å². The molecule has 2 aromatic rings. The van der Waals surface area contributed by atoms with Crippen LogP contribution in [-0.4, -0.2) is 62.6 Å². The highest BCUT2D eigenvalue weighted by Crippen LogP contribution is 2.42. The van der Waals surface area contributed by atoms with Gasteiger partial charge in [-0.25, -0.2) is 4.79 Å². The third-order valence-electron chi connectivity index (χ3n) is 7.96. The lowest BCUT2D eigenvalue weighted by Crippen LogP contribution is -2.56. The Hall–Kier alpha value is -3.13. The van der Waals surface area contributed by atoms with E-state index < -0.39 is 29.2 Å². The highest BCUT2D eigenvalue weighted by atomic mass is 16.5. The Kier molecular flexibility index (Phi) is 8.31. The van der Waals surface area contributed by atoms with Crippen LogP contribution in [0.15, 0.2) is 30.3 Å². The molecule has 1 fully saturated rings. The summed E-state index contributed by atoms with van der Waals surface area (Å²) >= 11 is 0. The van der Waals surface area contributed by atoms with E-state index in [-0.39, 0.29) is 19.1 Å². The van der Waals surface area contributed by atoms with Crippen molar-refractivity contribution in [3.05, 3.63) is 41.5 Å². The Balaban J connectivity index is 1.82. The molecule has 0 aromatic heterocycles. The molecule has 0 spiro atoms. The number of carbonyl (C=O) groups excluding carboxylic acids is 3. The van der Waals surface area contributed by atoms with E-state index in [0.717, 1.165) is 66.0 Å². The van der Waals surface area contributed by atoms with Crippen molar-refractivity contribution in [3.63, 3.8) is 0 Å². The number of nitrogens with one attached hydrogen (secondary N) is 1. The van der Waals surface area contributed by atoms with Gasteiger partial charge in [0.25, 0.3) is 0 Å². The monoisotopic (exact) mass is 524 g/mol. The topological polar surface area (TPSA) is 94.2 Å². The van der Waals surface area contributed by atoms with Crippen LogP contribution in [0.4, 0.5) is 4.79 Å². The molecule has 8 nitrogen and oxygen atoms in total. The minimum Gasteiger partial charge on any atom is -0.496 e. The van der Waals surface area contributed by atoms with Gasteiger partial charge in [-0.15, -0.1) is 0 Å². The molecule has 3 atom stereocenters. The molecule has 2 heterocycles. The number of hydrogen-bond donors (Lipinski definition) is 1. The van der Waals surface area contributed by atoms with Gasteiger partial charge in [0.15, 0.2) is 0 Å². The normalized spacial score (nSPS) is 25.4. The van der Waals surface area contributed by atoms with Crippen LogP contribution >= 0.6 is 0 Å². The number of fused-ring (bicyclic) bond motifs is 4. The van der Waals surface area contributed by atoms with E-state index in [1.54, 1.807) is 19.1 Å². The lowest BCUT2D eigenvalue weighted by molar-refractivity contribution is -0.139. The van der Waals surface area contributed by atoms with Crippen LogP contribution in [0.3, 0.4) is 0 Å². The predicted molar refractivity (Wildman–Crippen MR) is 145 cm³/mol. The molecule has 0 saturated carbocycles. The number of aryl methyl sites for hydroxylation is 1. The summed E-state index contributed by atoms with van der Waals surface area (Å²) < 4.78 is 17.3. The first-order valence-electron chi connectivity index (χ1n) is 13.5. The molecular weight excluding hydrogens is 484 g/mol. The van der Waals surface area contributed by atoms with Crippen molar-refractivity contribution in [1.82, 2.24) is 10.2 Å². The van der Waals surface area contributed by atoms with Crippen molar-refractivity contribution in [2.75, 3.05) is 27.4 Å². The summed E-state index contributed by atoms with van der Waals surface area (Å²) in [5, 5.41) is 4.97. The zero-order valence-electron chi connectivity index (χ0n) is 23.2. The van der Waals surface area contributed by atoms with Crippen LogP contribution < -0.4 is 10.1 Å². The van der Waals surface area contributed by atoms with E-state index in [2.05, 4.69) is 23.5 Å². The van der Waals surface area contributed by atoms with Gasteiger partial charge in [0.05, 0.1) is 26.3 Å². The number of hydrogen-bond acceptors (Lipinski definition) is 6. The molecule has 0 unspecified atom stereocenters. The minimum absolute atomic E-state index is 0.194. The molecule has 2 aromatic carbocycles. The predicted octanol–water partition coefficient (Wildman–Crippen LogP) is 4.75. The van der Waals surface area contributed by atoms with Crippen LogP contribution in [0.1, 0.15) is 64.0 Å². The summed E-state index contributed by atoms with van der Waals surface area (Å²) in [6.07, 6.45) is 4.99. The summed E-state index contributed by atoms with van der Waals surface area (Å²) in [5.74, 6) is 0.521. The maximum absolute atomic E-state index is 13.9. The summed E-state index contributed by atoms with van der Waals surface area (Å²) in [6, 6.07) is 8.73. The number of alkyl carbamates (subject to hydrolysis) is 1. The second kappa shape index (κ2) is 11.3. The molecule has 206 valence electrons. The van der Waals surface area contributed by atoms with E-state index in [1.165, 1.54) is 0 Å². The number of carbonyl (C=O) groups is 3. The fourth-order valence-corrected chi connectivity index (χ4v) is 5.73.